The van der Waals surface area contributed by atoms with Crippen LogP contribution in [0.2, 0.25) is 0 Å². The Balaban J connectivity index is 1.45. The second kappa shape index (κ2) is 9.01. The van der Waals surface area contributed by atoms with Gasteiger partial charge in [-0.05, 0) is 38.8 Å². The van der Waals surface area contributed by atoms with E-state index in [1.165, 1.54) is 0 Å². The number of aromatic amines is 1. The summed E-state index contributed by atoms with van der Waals surface area (Å²) < 4.78 is 7.39. The number of ether oxygens (including phenoxy) is 1. The molecular weight excluding hydrogens is 360 g/mol. The van der Waals surface area contributed by atoms with Gasteiger partial charge in [0.1, 0.15) is 0 Å². The van der Waals surface area contributed by atoms with Crippen LogP contribution in [-0.4, -0.2) is 69.0 Å². The Morgan fingerprint density at radius 1 is 1.36 bits per heavy atom. The highest BCUT2D eigenvalue weighted by atomic mass is 16.5. The van der Waals surface area contributed by atoms with E-state index in [-0.39, 0.29) is 18.4 Å². The molecule has 9 heteroatoms. The number of aryl methyl sites for hydroxylation is 4. The van der Waals surface area contributed by atoms with Crippen molar-refractivity contribution in [1.82, 2.24) is 30.2 Å². The van der Waals surface area contributed by atoms with Crippen LogP contribution in [0, 0.1) is 20.8 Å². The molecule has 3 rings (SSSR count). The van der Waals surface area contributed by atoms with Gasteiger partial charge in [-0.1, -0.05) is 0 Å². The van der Waals surface area contributed by atoms with E-state index in [1.807, 2.05) is 31.5 Å². The molecule has 28 heavy (non-hydrogen) atoms. The standard InChI is InChI=1S/C19H28N6O3/c1-13-4-8-21-25(13)9-6-18(26)24-10-11-28-17(12-24)19(27)20-7-5-16-14(2)22-23-15(16)3/h4,8,17H,5-7,9-12H2,1-3H3,(H,20,27)(H,22,23). The summed E-state index contributed by atoms with van der Waals surface area (Å²) in [5.74, 6) is -0.167. The Morgan fingerprint density at radius 2 is 2.18 bits per heavy atom. The highest BCUT2D eigenvalue weighted by Crippen LogP contribution is 2.11. The van der Waals surface area contributed by atoms with Crippen LogP contribution >= 0.6 is 0 Å². The third-order valence-electron chi connectivity index (χ3n) is 5.13. The van der Waals surface area contributed by atoms with Gasteiger partial charge in [0.15, 0.2) is 6.10 Å². The zero-order valence-electron chi connectivity index (χ0n) is 16.7. The summed E-state index contributed by atoms with van der Waals surface area (Å²) in [5.41, 5.74) is 4.11. The summed E-state index contributed by atoms with van der Waals surface area (Å²) in [6, 6.07) is 1.91. The summed E-state index contributed by atoms with van der Waals surface area (Å²) in [6.07, 6.45) is 2.16. The number of aromatic nitrogens is 4. The Labute approximate surface area is 164 Å². The van der Waals surface area contributed by atoms with Crippen LogP contribution in [0.4, 0.5) is 0 Å². The second-order valence-electron chi connectivity index (χ2n) is 7.10. The number of nitrogens with zero attached hydrogens (tertiary/aromatic N) is 4. The van der Waals surface area contributed by atoms with Gasteiger partial charge in [0.2, 0.25) is 5.91 Å². The average molecular weight is 388 g/mol. The number of carbonyl (C=O) groups is 2. The average Bonchev–Trinajstić information content (AvgIpc) is 3.25. The quantitative estimate of drug-likeness (QED) is 0.719. The zero-order chi connectivity index (χ0) is 20.1. The fraction of sp³-hybridized carbons (Fsp3) is 0.579. The summed E-state index contributed by atoms with van der Waals surface area (Å²) in [4.78, 5) is 26.7. The highest BCUT2D eigenvalue weighted by Gasteiger charge is 2.29. The lowest BCUT2D eigenvalue weighted by atomic mass is 10.1. The molecule has 0 aromatic carbocycles. The van der Waals surface area contributed by atoms with Crippen molar-refractivity contribution in [2.75, 3.05) is 26.2 Å². The number of carbonyl (C=O) groups excluding carboxylic acids is 2. The lowest BCUT2D eigenvalue weighted by Crippen LogP contribution is -2.52. The molecule has 1 atom stereocenters. The third kappa shape index (κ3) is 4.78. The number of H-pyrrole nitrogens is 1. The first kappa shape index (κ1) is 20.1. The van der Waals surface area contributed by atoms with Gasteiger partial charge in [-0.15, -0.1) is 0 Å². The van der Waals surface area contributed by atoms with Crippen LogP contribution in [0.25, 0.3) is 0 Å². The molecule has 2 aromatic heterocycles. The normalized spacial score (nSPS) is 17.0. The minimum absolute atomic E-state index is 0.0145. The molecule has 1 aliphatic heterocycles. The van der Waals surface area contributed by atoms with Gasteiger partial charge in [0.05, 0.1) is 18.8 Å². The Kier molecular flexibility index (Phi) is 6.45. The summed E-state index contributed by atoms with van der Waals surface area (Å²) >= 11 is 0. The van der Waals surface area contributed by atoms with Crippen LogP contribution in [0.1, 0.15) is 29.1 Å². The maximum atomic E-state index is 12.5. The van der Waals surface area contributed by atoms with Crippen LogP contribution in [0.5, 0.6) is 0 Å². The number of hydrogen-bond donors (Lipinski definition) is 2. The molecular formula is C19H28N6O3. The molecule has 0 spiro atoms. The molecule has 0 saturated carbocycles. The fourth-order valence-electron chi connectivity index (χ4n) is 3.39. The molecule has 2 amide bonds. The second-order valence-corrected chi connectivity index (χ2v) is 7.10. The molecule has 152 valence electrons. The van der Waals surface area contributed by atoms with Crippen molar-refractivity contribution >= 4 is 11.8 Å². The van der Waals surface area contributed by atoms with E-state index in [0.717, 1.165) is 22.6 Å². The molecule has 0 aliphatic carbocycles. The number of amides is 2. The van der Waals surface area contributed by atoms with Gasteiger partial charge in [0, 0.05) is 43.6 Å². The third-order valence-corrected chi connectivity index (χ3v) is 5.13. The van der Waals surface area contributed by atoms with Gasteiger partial charge in [0.25, 0.3) is 5.91 Å². The molecule has 0 bridgehead atoms. The minimum Gasteiger partial charge on any atom is -0.365 e. The molecule has 1 aliphatic rings. The molecule has 9 nitrogen and oxygen atoms in total. The van der Waals surface area contributed by atoms with Gasteiger partial charge in [-0.3, -0.25) is 19.4 Å². The van der Waals surface area contributed by atoms with Gasteiger partial charge >= 0.3 is 0 Å². The Morgan fingerprint density at radius 3 is 2.86 bits per heavy atom. The lowest BCUT2D eigenvalue weighted by Gasteiger charge is -2.32. The SMILES string of the molecule is Cc1n[nH]c(C)c1CCNC(=O)C1CN(C(=O)CCn2nccc2C)CCO1. The molecule has 1 unspecified atom stereocenters. The van der Waals surface area contributed by atoms with Crippen molar-refractivity contribution in [3.8, 4) is 0 Å². The first-order valence-electron chi connectivity index (χ1n) is 9.61. The monoisotopic (exact) mass is 388 g/mol. The Bertz CT molecular complexity index is 808. The van der Waals surface area contributed by atoms with Gasteiger partial charge < -0.3 is 15.0 Å². The first-order chi connectivity index (χ1) is 13.5. The highest BCUT2D eigenvalue weighted by molar-refractivity contribution is 5.83. The number of hydrogen-bond acceptors (Lipinski definition) is 5. The maximum Gasteiger partial charge on any atom is 0.251 e. The molecule has 0 radical (unpaired) electrons. The first-order valence-corrected chi connectivity index (χ1v) is 9.61. The van der Waals surface area contributed by atoms with Gasteiger partial charge in [-0.2, -0.15) is 10.2 Å². The topological polar surface area (TPSA) is 105 Å². The minimum atomic E-state index is -0.629. The predicted molar refractivity (Wildman–Crippen MR) is 103 cm³/mol. The van der Waals surface area contributed by atoms with Crippen molar-refractivity contribution in [2.45, 2.75) is 46.3 Å². The number of morpholine rings is 1. The van der Waals surface area contributed by atoms with Crippen molar-refractivity contribution in [3.05, 3.63) is 34.9 Å². The van der Waals surface area contributed by atoms with Gasteiger partial charge in [-0.25, -0.2) is 0 Å². The van der Waals surface area contributed by atoms with E-state index in [9.17, 15) is 9.59 Å². The smallest absolute Gasteiger partial charge is 0.251 e. The number of nitrogens with one attached hydrogen (secondary N) is 2. The fourth-order valence-corrected chi connectivity index (χ4v) is 3.39. The lowest BCUT2D eigenvalue weighted by molar-refractivity contribution is -0.147. The summed E-state index contributed by atoms with van der Waals surface area (Å²) in [6.45, 7) is 8.07. The molecule has 1 fully saturated rings. The summed E-state index contributed by atoms with van der Waals surface area (Å²) in [5, 5.41) is 14.2. The van der Waals surface area contributed by atoms with Crippen molar-refractivity contribution < 1.29 is 14.3 Å². The Hall–Kier alpha value is -2.68. The van der Waals surface area contributed by atoms with Crippen LogP contribution in [0.15, 0.2) is 12.3 Å². The molecule has 1 saturated heterocycles. The van der Waals surface area contributed by atoms with E-state index >= 15 is 0 Å². The van der Waals surface area contributed by atoms with Crippen LogP contribution < -0.4 is 5.32 Å². The zero-order valence-corrected chi connectivity index (χ0v) is 16.7. The van der Waals surface area contributed by atoms with Crippen LogP contribution in [-0.2, 0) is 27.3 Å². The molecule has 2 N–H and O–H groups in total. The largest absolute Gasteiger partial charge is 0.365 e. The van der Waals surface area contributed by atoms with E-state index < -0.39 is 6.10 Å². The van der Waals surface area contributed by atoms with E-state index in [4.69, 9.17) is 4.74 Å². The predicted octanol–water partition coefficient (Wildman–Crippen LogP) is 0.508. The summed E-state index contributed by atoms with van der Waals surface area (Å²) in [7, 11) is 0. The van der Waals surface area contributed by atoms with E-state index in [0.29, 0.717) is 39.1 Å². The molecule has 2 aromatic rings. The maximum absolute atomic E-state index is 12.5. The van der Waals surface area contributed by atoms with Crippen molar-refractivity contribution in [3.63, 3.8) is 0 Å². The van der Waals surface area contributed by atoms with E-state index in [2.05, 4.69) is 20.6 Å². The van der Waals surface area contributed by atoms with Crippen LogP contribution in [0.3, 0.4) is 0 Å². The molecule has 3 heterocycles. The van der Waals surface area contributed by atoms with Crippen molar-refractivity contribution in [2.24, 2.45) is 0 Å². The van der Waals surface area contributed by atoms with E-state index in [1.54, 1.807) is 11.1 Å². The van der Waals surface area contributed by atoms with Crippen molar-refractivity contribution in [1.29, 1.82) is 0 Å². The number of rotatable bonds is 7.